The lowest BCUT2D eigenvalue weighted by Crippen LogP contribution is -2.34. The van der Waals surface area contributed by atoms with Crippen LogP contribution in [0.2, 0.25) is 0 Å². The molecule has 0 fully saturated rings. The standard InChI is InChI=1S/C22H25N3S/c1-15(2)22-23-20-16(3)11-25(12-17-7-5-4-6-8-17)13-19(20)21(24-22)18-9-10-26-14-18/h4-10,14-16H,11-13H2,1-3H3. The summed E-state index contributed by atoms with van der Waals surface area (Å²) in [6.45, 7) is 9.57. The summed E-state index contributed by atoms with van der Waals surface area (Å²) in [5, 5.41) is 4.33. The number of hydrogen-bond acceptors (Lipinski definition) is 4. The summed E-state index contributed by atoms with van der Waals surface area (Å²) in [6.07, 6.45) is 0. The molecule has 4 rings (SSSR count). The van der Waals surface area contributed by atoms with Crippen LogP contribution in [0.3, 0.4) is 0 Å². The second-order valence-electron chi connectivity index (χ2n) is 7.52. The molecule has 0 radical (unpaired) electrons. The fourth-order valence-electron chi connectivity index (χ4n) is 3.70. The maximum Gasteiger partial charge on any atom is 0.131 e. The molecule has 3 heterocycles. The van der Waals surface area contributed by atoms with Crippen molar-refractivity contribution in [2.75, 3.05) is 6.54 Å². The highest BCUT2D eigenvalue weighted by atomic mass is 32.1. The van der Waals surface area contributed by atoms with Crippen LogP contribution in [0, 0.1) is 0 Å². The van der Waals surface area contributed by atoms with Crippen LogP contribution in [0.5, 0.6) is 0 Å². The first kappa shape index (κ1) is 17.4. The van der Waals surface area contributed by atoms with Gasteiger partial charge in [-0.3, -0.25) is 4.90 Å². The van der Waals surface area contributed by atoms with Crippen molar-refractivity contribution in [1.82, 2.24) is 14.9 Å². The Bertz CT molecular complexity index is 872. The number of rotatable bonds is 4. The van der Waals surface area contributed by atoms with E-state index in [1.54, 1.807) is 11.3 Å². The van der Waals surface area contributed by atoms with Crippen molar-refractivity contribution in [3.05, 3.63) is 69.8 Å². The zero-order valence-corrected chi connectivity index (χ0v) is 16.5. The van der Waals surface area contributed by atoms with Gasteiger partial charge in [0.2, 0.25) is 0 Å². The molecule has 0 aliphatic carbocycles. The van der Waals surface area contributed by atoms with Gasteiger partial charge in [0.05, 0.1) is 11.4 Å². The minimum absolute atomic E-state index is 0.340. The van der Waals surface area contributed by atoms with E-state index in [1.807, 2.05) is 0 Å². The molecule has 2 aromatic heterocycles. The van der Waals surface area contributed by atoms with Crippen molar-refractivity contribution < 1.29 is 0 Å². The van der Waals surface area contributed by atoms with E-state index < -0.39 is 0 Å². The van der Waals surface area contributed by atoms with Gasteiger partial charge in [0, 0.05) is 48.0 Å². The zero-order chi connectivity index (χ0) is 18.1. The summed E-state index contributed by atoms with van der Waals surface area (Å²) in [5.74, 6) is 1.72. The summed E-state index contributed by atoms with van der Waals surface area (Å²) >= 11 is 1.73. The highest BCUT2D eigenvalue weighted by Gasteiger charge is 2.28. The van der Waals surface area contributed by atoms with Gasteiger partial charge in [-0.25, -0.2) is 9.97 Å². The fourth-order valence-corrected chi connectivity index (χ4v) is 4.34. The smallest absolute Gasteiger partial charge is 0.131 e. The molecule has 134 valence electrons. The Hall–Kier alpha value is -2.04. The van der Waals surface area contributed by atoms with E-state index in [4.69, 9.17) is 9.97 Å². The van der Waals surface area contributed by atoms with E-state index in [9.17, 15) is 0 Å². The molecule has 3 nitrogen and oxygen atoms in total. The maximum absolute atomic E-state index is 4.97. The van der Waals surface area contributed by atoms with Crippen molar-refractivity contribution in [3.63, 3.8) is 0 Å². The Balaban J connectivity index is 1.73. The number of aromatic nitrogens is 2. The zero-order valence-electron chi connectivity index (χ0n) is 15.6. The summed E-state index contributed by atoms with van der Waals surface area (Å²) in [7, 11) is 0. The van der Waals surface area contributed by atoms with Crippen LogP contribution < -0.4 is 0 Å². The highest BCUT2D eigenvalue weighted by molar-refractivity contribution is 7.08. The topological polar surface area (TPSA) is 29.0 Å². The van der Waals surface area contributed by atoms with E-state index in [2.05, 4.69) is 72.8 Å². The number of nitrogens with zero attached hydrogens (tertiary/aromatic N) is 3. The second kappa shape index (κ2) is 7.29. The van der Waals surface area contributed by atoms with Crippen LogP contribution in [-0.4, -0.2) is 21.4 Å². The molecule has 1 aliphatic rings. The molecule has 0 bridgehead atoms. The molecule has 1 unspecified atom stereocenters. The molecule has 4 heteroatoms. The van der Waals surface area contributed by atoms with Crippen molar-refractivity contribution in [3.8, 4) is 11.3 Å². The molecule has 1 aliphatic heterocycles. The average molecular weight is 364 g/mol. The minimum atomic E-state index is 0.340. The minimum Gasteiger partial charge on any atom is -0.294 e. The average Bonchev–Trinajstić information content (AvgIpc) is 3.16. The molecule has 1 atom stereocenters. The molecule has 26 heavy (non-hydrogen) atoms. The van der Waals surface area contributed by atoms with Gasteiger partial charge in [0.1, 0.15) is 5.82 Å². The van der Waals surface area contributed by atoms with Gasteiger partial charge < -0.3 is 0 Å². The van der Waals surface area contributed by atoms with Crippen LogP contribution in [0.4, 0.5) is 0 Å². The van der Waals surface area contributed by atoms with Crippen LogP contribution in [0.25, 0.3) is 11.3 Å². The van der Waals surface area contributed by atoms with Gasteiger partial charge in [-0.15, -0.1) is 0 Å². The molecule has 0 saturated heterocycles. The van der Waals surface area contributed by atoms with E-state index in [0.717, 1.165) is 31.2 Å². The number of benzene rings is 1. The third kappa shape index (κ3) is 3.44. The van der Waals surface area contributed by atoms with E-state index in [-0.39, 0.29) is 0 Å². The third-order valence-corrected chi connectivity index (χ3v) is 5.68. The first-order chi connectivity index (χ1) is 12.6. The van der Waals surface area contributed by atoms with Gasteiger partial charge in [-0.05, 0) is 17.0 Å². The Kier molecular flexibility index (Phi) is 4.88. The molecule has 1 aromatic carbocycles. The largest absolute Gasteiger partial charge is 0.294 e. The Morgan fingerprint density at radius 1 is 1.15 bits per heavy atom. The van der Waals surface area contributed by atoms with Crippen LogP contribution in [0.15, 0.2) is 47.2 Å². The van der Waals surface area contributed by atoms with Crippen molar-refractivity contribution in [1.29, 1.82) is 0 Å². The summed E-state index contributed by atoms with van der Waals surface area (Å²) in [6, 6.07) is 12.9. The Morgan fingerprint density at radius 3 is 2.65 bits per heavy atom. The number of thiophene rings is 1. The van der Waals surface area contributed by atoms with Crippen LogP contribution in [0.1, 0.15) is 55.3 Å². The molecular formula is C22H25N3S. The van der Waals surface area contributed by atoms with Crippen LogP contribution >= 0.6 is 11.3 Å². The maximum atomic E-state index is 4.97. The highest BCUT2D eigenvalue weighted by Crippen LogP contribution is 2.35. The summed E-state index contributed by atoms with van der Waals surface area (Å²) < 4.78 is 0. The lowest BCUT2D eigenvalue weighted by Gasteiger charge is -2.33. The van der Waals surface area contributed by atoms with Gasteiger partial charge in [0.15, 0.2) is 0 Å². The number of hydrogen-bond donors (Lipinski definition) is 0. The quantitative estimate of drug-likeness (QED) is 0.617. The molecule has 0 spiro atoms. The van der Waals surface area contributed by atoms with Crippen LogP contribution in [-0.2, 0) is 13.1 Å². The van der Waals surface area contributed by atoms with E-state index in [0.29, 0.717) is 11.8 Å². The molecule has 3 aromatic rings. The lowest BCUT2D eigenvalue weighted by molar-refractivity contribution is 0.223. The summed E-state index contributed by atoms with van der Waals surface area (Å²) in [5.41, 5.74) is 6.27. The number of fused-ring (bicyclic) bond motifs is 1. The normalized spacial score (nSPS) is 17.5. The van der Waals surface area contributed by atoms with E-state index in [1.165, 1.54) is 22.4 Å². The van der Waals surface area contributed by atoms with Gasteiger partial charge in [-0.1, -0.05) is 51.1 Å². The Morgan fingerprint density at radius 2 is 1.96 bits per heavy atom. The van der Waals surface area contributed by atoms with Crippen molar-refractivity contribution >= 4 is 11.3 Å². The second-order valence-corrected chi connectivity index (χ2v) is 8.30. The monoisotopic (exact) mass is 363 g/mol. The Labute approximate surface area is 159 Å². The van der Waals surface area contributed by atoms with E-state index >= 15 is 0 Å². The molecular weight excluding hydrogens is 338 g/mol. The van der Waals surface area contributed by atoms with Crippen molar-refractivity contribution in [2.45, 2.75) is 45.7 Å². The predicted molar refractivity (Wildman–Crippen MR) is 108 cm³/mol. The fraction of sp³-hybridized carbons (Fsp3) is 0.364. The van der Waals surface area contributed by atoms with Crippen molar-refractivity contribution in [2.24, 2.45) is 0 Å². The molecule has 0 N–H and O–H groups in total. The summed E-state index contributed by atoms with van der Waals surface area (Å²) in [4.78, 5) is 12.5. The predicted octanol–water partition coefficient (Wildman–Crippen LogP) is 5.45. The SMILES string of the molecule is CC(C)c1nc(-c2ccsc2)c2c(n1)C(C)CN(Cc1ccccc1)C2. The van der Waals surface area contributed by atoms with Gasteiger partial charge in [-0.2, -0.15) is 11.3 Å². The first-order valence-electron chi connectivity index (χ1n) is 9.31. The van der Waals surface area contributed by atoms with Gasteiger partial charge >= 0.3 is 0 Å². The lowest BCUT2D eigenvalue weighted by atomic mass is 9.92. The molecule has 0 amide bonds. The molecule has 0 saturated carbocycles. The van der Waals surface area contributed by atoms with Gasteiger partial charge in [0.25, 0.3) is 0 Å². The first-order valence-corrected chi connectivity index (χ1v) is 10.3. The third-order valence-electron chi connectivity index (χ3n) is 5.00.